The molecule has 0 saturated heterocycles. The van der Waals surface area contributed by atoms with Crippen LogP contribution in [0.3, 0.4) is 0 Å². The van der Waals surface area contributed by atoms with Crippen LogP contribution >= 0.6 is 0 Å². The molecule has 1 N–H and O–H groups in total. The predicted molar refractivity (Wildman–Crippen MR) is 145 cm³/mol. The molecule has 1 aliphatic heterocycles. The monoisotopic (exact) mass is 489 g/mol. The van der Waals surface area contributed by atoms with Crippen LogP contribution in [0.1, 0.15) is 37.0 Å². The smallest absolute Gasteiger partial charge is 0.232 e. The van der Waals surface area contributed by atoms with Gasteiger partial charge >= 0.3 is 0 Å². The van der Waals surface area contributed by atoms with Crippen LogP contribution in [0.4, 0.5) is 5.88 Å². The molecule has 6 nitrogen and oxygen atoms in total. The maximum Gasteiger partial charge on any atom is 0.232 e. The van der Waals surface area contributed by atoms with Crippen molar-refractivity contribution in [2.45, 2.75) is 45.9 Å². The first-order valence-electron chi connectivity index (χ1n) is 13.0. The zero-order valence-corrected chi connectivity index (χ0v) is 21.6. The van der Waals surface area contributed by atoms with Gasteiger partial charge < -0.3 is 19.3 Å². The Hall–Kier alpha value is -2.93. The van der Waals surface area contributed by atoms with E-state index in [2.05, 4.69) is 71.8 Å². The van der Waals surface area contributed by atoms with E-state index in [1.54, 1.807) is 6.08 Å². The summed E-state index contributed by atoms with van der Waals surface area (Å²) < 4.78 is 11.6. The Bertz CT molecular complexity index is 1100. The Balaban J connectivity index is 1.62. The summed E-state index contributed by atoms with van der Waals surface area (Å²) in [5.41, 5.74) is 5.72. The SMILES string of the molecule is C=CCOC[C@H](O)CN(CCC(C)C)Cc1c(-c2ccccc2)noc1N1CCc2ccccc2C1. The minimum absolute atomic E-state index is 0.287. The van der Waals surface area contributed by atoms with E-state index in [0.29, 0.717) is 25.6 Å². The van der Waals surface area contributed by atoms with Crippen LogP contribution < -0.4 is 4.90 Å². The Morgan fingerprint density at radius 2 is 1.89 bits per heavy atom. The number of benzene rings is 2. The first-order chi connectivity index (χ1) is 17.5. The summed E-state index contributed by atoms with van der Waals surface area (Å²) in [6.45, 7) is 12.6. The van der Waals surface area contributed by atoms with Crippen LogP contribution in [0, 0.1) is 5.92 Å². The molecule has 1 atom stereocenters. The molecule has 0 unspecified atom stereocenters. The van der Waals surface area contributed by atoms with Crippen molar-refractivity contribution in [3.63, 3.8) is 0 Å². The molecule has 1 aromatic heterocycles. The summed E-state index contributed by atoms with van der Waals surface area (Å²) in [4.78, 5) is 4.61. The minimum atomic E-state index is -0.581. The summed E-state index contributed by atoms with van der Waals surface area (Å²) in [5.74, 6) is 1.39. The Labute approximate surface area is 215 Å². The highest BCUT2D eigenvalue weighted by atomic mass is 16.5. The van der Waals surface area contributed by atoms with Crippen LogP contribution in [0.5, 0.6) is 0 Å². The lowest BCUT2D eigenvalue weighted by atomic mass is 9.99. The van der Waals surface area contributed by atoms with Gasteiger partial charge in [0.25, 0.3) is 0 Å². The molecule has 192 valence electrons. The van der Waals surface area contributed by atoms with Gasteiger partial charge in [0.1, 0.15) is 5.69 Å². The Morgan fingerprint density at radius 3 is 2.64 bits per heavy atom. The van der Waals surface area contributed by atoms with Crippen molar-refractivity contribution in [3.8, 4) is 11.3 Å². The van der Waals surface area contributed by atoms with Crippen molar-refractivity contribution in [3.05, 3.63) is 83.9 Å². The lowest BCUT2D eigenvalue weighted by Gasteiger charge is -2.30. The van der Waals surface area contributed by atoms with E-state index in [9.17, 15) is 5.11 Å². The molecule has 0 saturated carbocycles. The van der Waals surface area contributed by atoms with E-state index < -0.39 is 6.10 Å². The van der Waals surface area contributed by atoms with Gasteiger partial charge in [-0.25, -0.2) is 0 Å². The standard InChI is InChI=1S/C30H39N3O3/c1-4-18-35-22-27(34)20-32(16-14-23(2)3)21-28-29(25-11-6-5-7-12-25)31-36-30(28)33-17-15-24-10-8-9-13-26(24)19-33/h4-13,23,27,34H,1,14-22H2,2-3H3/t27-/m1/s1. The first kappa shape index (κ1) is 26.1. The fourth-order valence-corrected chi connectivity index (χ4v) is 4.72. The molecular weight excluding hydrogens is 450 g/mol. The highest BCUT2D eigenvalue weighted by Crippen LogP contribution is 2.35. The van der Waals surface area contributed by atoms with Crippen molar-refractivity contribution in [2.24, 2.45) is 5.92 Å². The number of aliphatic hydroxyl groups excluding tert-OH is 1. The van der Waals surface area contributed by atoms with Gasteiger partial charge in [0.15, 0.2) is 0 Å². The Morgan fingerprint density at radius 1 is 1.14 bits per heavy atom. The second-order valence-electron chi connectivity index (χ2n) is 10.0. The maximum absolute atomic E-state index is 10.7. The van der Waals surface area contributed by atoms with Gasteiger partial charge in [-0.05, 0) is 36.4 Å². The highest BCUT2D eigenvalue weighted by Gasteiger charge is 2.27. The van der Waals surface area contributed by atoms with E-state index >= 15 is 0 Å². The van der Waals surface area contributed by atoms with E-state index in [1.165, 1.54) is 11.1 Å². The second-order valence-corrected chi connectivity index (χ2v) is 10.0. The number of rotatable bonds is 13. The molecule has 36 heavy (non-hydrogen) atoms. The first-order valence-corrected chi connectivity index (χ1v) is 13.0. The van der Waals surface area contributed by atoms with E-state index in [4.69, 9.17) is 9.26 Å². The fourth-order valence-electron chi connectivity index (χ4n) is 4.72. The van der Waals surface area contributed by atoms with Crippen molar-refractivity contribution in [1.29, 1.82) is 0 Å². The number of hydrogen-bond acceptors (Lipinski definition) is 6. The third kappa shape index (κ3) is 6.84. The summed E-state index contributed by atoms with van der Waals surface area (Å²) >= 11 is 0. The lowest BCUT2D eigenvalue weighted by molar-refractivity contribution is 0.0237. The molecule has 6 heteroatoms. The topological polar surface area (TPSA) is 62.0 Å². The van der Waals surface area contributed by atoms with Crippen LogP contribution in [-0.2, 0) is 24.2 Å². The molecule has 0 radical (unpaired) electrons. The molecule has 2 heterocycles. The third-order valence-corrected chi connectivity index (χ3v) is 6.65. The number of nitrogens with zero attached hydrogens (tertiary/aromatic N) is 3. The average Bonchev–Trinajstić information content (AvgIpc) is 3.31. The molecule has 0 aliphatic carbocycles. The van der Waals surface area contributed by atoms with Crippen LogP contribution in [0.2, 0.25) is 0 Å². The fraction of sp³-hybridized carbons (Fsp3) is 0.433. The molecule has 0 amide bonds. The largest absolute Gasteiger partial charge is 0.389 e. The van der Waals surface area contributed by atoms with Crippen LogP contribution in [0.25, 0.3) is 11.3 Å². The normalized spacial score (nSPS) is 14.3. The van der Waals surface area contributed by atoms with Gasteiger partial charge in [0.2, 0.25) is 5.88 Å². The van der Waals surface area contributed by atoms with Gasteiger partial charge in [-0.1, -0.05) is 79.7 Å². The number of aliphatic hydroxyl groups is 1. The summed E-state index contributed by atoms with van der Waals surface area (Å²) in [5, 5.41) is 15.3. The molecule has 2 aromatic carbocycles. The van der Waals surface area contributed by atoms with Crippen molar-refractivity contribution >= 4 is 5.88 Å². The minimum Gasteiger partial charge on any atom is -0.389 e. The summed E-state index contributed by atoms with van der Waals surface area (Å²) in [7, 11) is 0. The van der Waals surface area contributed by atoms with E-state index in [0.717, 1.165) is 55.2 Å². The highest BCUT2D eigenvalue weighted by molar-refractivity contribution is 5.68. The number of anilines is 1. The number of ether oxygens (including phenoxy) is 1. The molecule has 0 bridgehead atoms. The van der Waals surface area contributed by atoms with Gasteiger partial charge in [0.05, 0.1) is 24.9 Å². The third-order valence-electron chi connectivity index (χ3n) is 6.65. The van der Waals surface area contributed by atoms with Crippen molar-refractivity contribution in [2.75, 3.05) is 37.7 Å². The molecular formula is C30H39N3O3. The van der Waals surface area contributed by atoms with E-state index in [-0.39, 0.29) is 6.61 Å². The molecule has 1 aliphatic rings. The van der Waals surface area contributed by atoms with Crippen molar-refractivity contribution < 1.29 is 14.4 Å². The number of aromatic nitrogens is 1. The van der Waals surface area contributed by atoms with Gasteiger partial charge in [-0.2, -0.15) is 0 Å². The number of hydrogen-bond donors (Lipinski definition) is 1. The van der Waals surface area contributed by atoms with Crippen molar-refractivity contribution in [1.82, 2.24) is 10.1 Å². The van der Waals surface area contributed by atoms with Crippen LogP contribution in [-0.4, -0.2) is 54.1 Å². The molecule has 0 spiro atoms. The average molecular weight is 490 g/mol. The zero-order valence-electron chi connectivity index (χ0n) is 21.6. The van der Waals surface area contributed by atoms with Gasteiger partial charge in [-0.3, -0.25) is 4.90 Å². The predicted octanol–water partition coefficient (Wildman–Crippen LogP) is 5.32. The van der Waals surface area contributed by atoms with E-state index in [1.807, 2.05) is 18.2 Å². The lowest BCUT2D eigenvalue weighted by Crippen LogP contribution is -2.36. The van der Waals surface area contributed by atoms with Gasteiger partial charge in [0, 0.05) is 31.7 Å². The maximum atomic E-state index is 10.7. The summed E-state index contributed by atoms with van der Waals surface area (Å²) in [6, 6.07) is 18.8. The Kier molecular flexibility index (Phi) is 9.34. The van der Waals surface area contributed by atoms with Crippen LogP contribution in [0.15, 0.2) is 71.8 Å². The molecule has 0 fully saturated rings. The quantitative estimate of drug-likeness (QED) is 0.259. The molecule has 4 rings (SSSR count). The summed E-state index contributed by atoms with van der Waals surface area (Å²) in [6.07, 6.45) is 3.14. The zero-order chi connectivity index (χ0) is 25.3. The number of fused-ring (bicyclic) bond motifs is 1. The van der Waals surface area contributed by atoms with Gasteiger partial charge in [-0.15, -0.1) is 6.58 Å². The second kappa shape index (κ2) is 12.9. The molecule has 3 aromatic rings.